The highest BCUT2D eigenvalue weighted by Crippen LogP contribution is 2.38. The van der Waals surface area contributed by atoms with Crippen LogP contribution < -0.4 is 0 Å². The van der Waals surface area contributed by atoms with Gasteiger partial charge >= 0.3 is 5.97 Å². The quantitative estimate of drug-likeness (QED) is 0.556. The van der Waals surface area contributed by atoms with Crippen LogP contribution >= 0.6 is 0 Å². The molecule has 1 aliphatic carbocycles. The van der Waals surface area contributed by atoms with Crippen molar-refractivity contribution < 1.29 is 14.3 Å². The van der Waals surface area contributed by atoms with Crippen LogP contribution in [0.2, 0.25) is 0 Å². The third-order valence-corrected chi connectivity index (χ3v) is 4.42. The zero-order chi connectivity index (χ0) is 14.5. The standard InChI is InChI=1S/C16H30O3/c1-6-12(2)15(17)19-11-18-14-9-7-13(8-10-14)16(3,4)5/h12-14H,6-11H2,1-5H3. The van der Waals surface area contributed by atoms with Gasteiger partial charge in [-0.2, -0.15) is 0 Å². The number of ether oxygens (including phenoxy) is 2. The number of carbonyl (C=O) groups excluding carboxylic acids is 1. The van der Waals surface area contributed by atoms with Crippen molar-refractivity contribution in [3.8, 4) is 0 Å². The third-order valence-electron chi connectivity index (χ3n) is 4.42. The van der Waals surface area contributed by atoms with Crippen molar-refractivity contribution in [2.75, 3.05) is 6.79 Å². The molecule has 0 aromatic carbocycles. The molecule has 0 bridgehead atoms. The van der Waals surface area contributed by atoms with E-state index in [0.717, 1.165) is 25.2 Å². The lowest BCUT2D eigenvalue weighted by molar-refractivity contribution is -0.167. The molecule has 0 saturated heterocycles. The molecule has 0 N–H and O–H groups in total. The molecule has 0 amide bonds. The molecule has 0 radical (unpaired) electrons. The number of hydrogen-bond acceptors (Lipinski definition) is 3. The van der Waals surface area contributed by atoms with E-state index in [1.165, 1.54) is 12.8 Å². The highest BCUT2D eigenvalue weighted by atomic mass is 16.7. The highest BCUT2D eigenvalue weighted by Gasteiger charge is 2.30. The lowest BCUT2D eigenvalue weighted by Gasteiger charge is -2.36. The van der Waals surface area contributed by atoms with Gasteiger partial charge in [-0.05, 0) is 43.4 Å². The van der Waals surface area contributed by atoms with Gasteiger partial charge in [0, 0.05) is 0 Å². The van der Waals surface area contributed by atoms with E-state index >= 15 is 0 Å². The van der Waals surface area contributed by atoms with E-state index in [4.69, 9.17) is 9.47 Å². The first-order chi connectivity index (χ1) is 8.84. The molecule has 0 aliphatic heterocycles. The Hall–Kier alpha value is -0.570. The Balaban J connectivity index is 2.18. The van der Waals surface area contributed by atoms with Crippen LogP contribution in [-0.2, 0) is 14.3 Å². The summed E-state index contributed by atoms with van der Waals surface area (Å²) in [6, 6.07) is 0. The average Bonchev–Trinajstić information content (AvgIpc) is 2.37. The summed E-state index contributed by atoms with van der Waals surface area (Å²) >= 11 is 0. The second-order valence-corrected chi connectivity index (χ2v) is 6.90. The van der Waals surface area contributed by atoms with Crippen LogP contribution in [0.5, 0.6) is 0 Å². The molecule has 1 aliphatic rings. The molecule has 19 heavy (non-hydrogen) atoms. The Morgan fingerprint density at radius 2 is 1.79 bits per heavy atom. The molecule has 0 aromatic rings. The molecule has 1 saturated carbocycles. The van der Waals surface area contributed by atoms with Gasteiger partial charge in [-0.25, -0.2) is 0 Å². The molecule has 1 unspecified atom stereocenters. The summed E-state index contributed by atoms with van der Waals surface area (Å²) in [5, 5.41) is 0. The van der Waals surface area contributed by atoms with Crippen molar-refractivity contribution in [2.24, 2.45) is 17.3 Å². The minimum atomic E-state index is -0.147. The topological polar surface area (TPSA) is 35.5 Å². The molecule has 3 nitrogen and oxygen atoms in total. The van der Waals surface area contributed by atoms with Crippen LogP contribution in [0.3, 0.4) is 0 Å². The SMILES string of the molecule is CCC(C)C(=O)OCOC1CCC(C(C)(C)C)CC1. The normalized spacial score (nSPS) is 25.9. The predicted octanol–water partition coefficient (Wildman–Crippen LogP) is 4.15. The molecule has 1 atom stereocenters. The fourth-order valence-electron chi connectivity index (χ4n) is 2.59. The van der Waals surface area contributed by atoms with Crippen LogP contribution in [0.25, 0.3) is 0 Å². The van der Waals surface area contributed by atoms with Gasteiger partial charge in [0.25, 0.3) is 0 Å². The first kappa shape index (κ1) is 16.5. The second-order valence-electron chi connectivity index (χ2n) is 6.90. The van der Waals surface area contributed by atoms with E-state index in [2.05, 4.69) is 20.8 Å². The number of hydrogen-bond donors (Lipinski definition) is 0. The fraction of sp³-hybridized carbons (Fsp3) is 0.938. The summed E-state index contributed by atoms with van der Waals surface area (Å²) in [6.45, 7) is 10.9. The highest BCUT2D eigenvalue weighted by molar-refractivity contribution is 5.71. The third kappa shape index (κ3) is 5.52. The summed E-state index contributed by atoms with van der Waals surface area (Å²) < 4.78 is 10.8. The van der Waals surface area contributed by atoms with Gasteiger partial charge in [0.2, 0.25) is 0 Å². The molecule has 1 fully saturated rings. The average molecular weight is 270 g/mol. The van der Waals surface area contributed by atoms with Crippen LogP contribution in [0.1, 0.15) is 66.7 Å². The molecule has 112 valence electrons. The number of rotatable bonds is 5. The molecule has 3 heteroatoms. The van der Waals surface area contributed by atoms with Gasteiger partial charge in [-0.3, -0.25) is 4.79 Å². The molecule has 0 heterocycles. The predicted molar refractivity (Wildman–Crippen MR) is 76.7 cm³/mol. The number of esters is 1. The van der Waals surface area contributed by atoms with Crippen molar-refractivity contribution in [3.05, 3.63) is 0 Å². The zero-order valence-electron chi connectivity index (χ0n) is 13.2. The Morgan fingerprint density at radius 1 is 1.21 bits per heavy atom. The first-order valence-corrected chi connectivity index (χ1v) is 7.62. The van der Waals surface area contributed by atoms with Crippen molar-refractivity contribution >= 4 is 5.97 Å². The Morgan fingerprint density at radius 3 is 2.26 bits per heavy atom. The van der Waals surface area contributed by atoms with Crippen molar-refractivity contribution in [3.63, 3.8) is 0 Å². The van der Waals surface area contributed by atoms with Crippen molar-refractivity contribution in [2.45, 2.75) is 72.8 Å². The largest absolute Gasteiger partial charge is 0.438 e. The summed E-state index contributed by atoms with van der Waals surface area (Å²) in [5.41, 5.74) is 0.397. The minimum absolute atomic E-state index is 0.0276. The maximum atomic E-state index is 11.5. The molecular weight excluding hydrogens is 240 g/mol. The summed E-state index contributed by atoms with van der Waals surface area (Å²) in [5.74, 6) is 0.612. The summed E-state index contributed by atoms with van der Waals surface area (Å²) in [7, 11) is 0. The molecular formula is C16H30O3. The van der Waals surface area contributed by atoms with E-state index in [1.54, 1.807) is 0 Å². The summed E-state index contributed by atoms with van der Waals surface area (Å²) in [6.07, 6.45) is 5.69. The lowest BCUT2D eigenvalue weighted by Crippen LogP contribution is -2.30. The van der Waals surface area contributed by atoms with E-state index in [0.29, 0.717) is 5.41 Å². The monoisotopic (exact) mass is 270 g/mol. The van der Waals surface area contributed by atoms with Gasteiger partial charge in [-0.1, -0.05) is 34.6 Å². The van der Waals surface area contributed by atoms with Gasteiger partial charge in [0.1, 0.15) is 0 Å². The smallest absolute Gasteiger partial charge is 0.310 e. The van der Waals surface area contributed by atoms with Gasteiger partial charge in [0.15, 0.2) is 6.79 Å². The van der Waals surface area contributed by atoms with E-state index < -0.39 is 0 Å². The lowest BCUT2D eigenvalue weighted by atomic mass is 9.72. The van der Waals surface area contributed by atoms with E-state index in [9.17, 15) is 4.79 Å². The zero-order valence-corrected chi connectivity index (χ0v) is 13.2. The first-order valence-electron chi connectivity index (χ1n) is 7.62. The molecule has 0 aromatic heterocycles. The van der Waals surface area contributed by atoms with Crippen LogP contribution in [0, 0.1) is 17.3 Å². The fourth-order valence-corrected chi connectivity index (χ4v) is 2.59. The Bertz CT molecular complexity index is 272. The Labute approximate surface area is 118 Å². The second kappa shape index (κ2) is 7.28. The van der Waals surface area contributed by atoms with Crippen molar-refractivity contribution in [1.29, 1.82) is 0 Å². The van der Waals surface area contributed by atoms with Crippen LogP contribution in [0.15, 0.2) is 0 Å². The summed E-state index contributed by atoms with van der Waals surface area (Å²) in [4.78, 5) is 11.5. The van der Waals surface area contributed by atoms with E-state index in [1.807, 2.05) is 13.8 Å². The van der Waals surface area contributed by atoms with Gasteiger partial charge in [-0.15, -0.1) is 0 Å². The van der Waals surface area contributed by atoms with Crippen molar-refractivity contribution in [1.82, 2.24) is 0 Å². The minimum Gasteiger partial charge on any atom is -0.438 e. The maximum Gasteiger partial charge on any atom is 0.310 e. The van der Waals surface area contributed by atoms with Crippen LogP contribution in [0.4, 0.5) is 0 Å². The number of carbonyl (C=O) groups is 1. The van der Waals surface area contributed by atoms with Crippen LogP contribution in [-0.4, -0.2) is 18.9 Å². The van der Waals surface area contributed by atoms with E-state index in [-0.39, 0.29) is 24.8 Å². The molecule has 1 rings (SSSR count). The molecule has 0 spiro atoms. The van der Waals surface area contributed by atoms with Gasteiger partial charge < -0.3 is 9.47 Å². The maximum absolute atomic E-state index is 11.5. The van der Waals surface area contributed by atoms with Gasteiger partial charge in [0.05, 0.1) is 12.0 Å². The Kier molecular flexibility index (Phi) is 6.31.